The molecule has 3 N–H and O–H groups in total. The Morgan fingerprint density at radius 2 is 1.83 bits per heavy atom. The molecule has 252 valence electrons. The molecule has 46 heavy (non-hydrogen) atoms. The maximum absolute atomic E-state index is 14.1. The van der Waals surface area contributed by atoms with E-state index in [1.165, 1.54) is 7.11 Å². The van der Waals surface area contributed by atoms with Gasteiger partial charge in [-0.05, 0) is 55.7 Å². The Hall–Kier alpha value is -3.44. The summed E-state index contributed by atoms with van der Waals surface area (Å²) < 4.78 is 0. The number of halogens is 1. The normalized spacial score (nSPS) is 27.2. The van der Waals surface area contributed by atoms with E-state index in [9.17, 15) is 24.0 Å². The highest BCUT2D eigenvalue weighted by Crippen LogP contribution is 2.43. The van der Waals surface area contributed by atoms with Gasteiger partial charge in [0.05, 0.1) is 12.8 Å². The molecule has 3 aliphatic heterocycles. The number of fused-ring (bicyclic) bond motifs is 2. The number of benzene rings is 1. The lowest BCUT2D eigenvalue weighted by atomic mass is 9.93. The van der Waals surface area contributed by atoms with Crippen LogP contribution in [0.1, 0.15) is 96.5 Å². The van der Waals surface area contributed by atoms with Gasteiger partial charge in [-0.1, -0.05) is 69.8 Å². The van der Waals surface area contributed by atoms with E-state index in [2.05, 4.69) is 16.0 Å². The summed E-state index contributed by atoms with van der Waals surface area (Å²) in [6.45, 7) is 6.06. The van der Waals surface area contributed by atoms with Gasteiger partial charge in [-0.3, -0.25) is 28.8 Å². The van der Waals surface area contributed by atoms with Crippen molar-refractivity contribution in [2.24, 2.45) is 5.92 Å². The Morgan fingerprint density at radius 3 is 2.54 bits per heavy atom. The number of carbonyl (C=O) groups is 5. The average Bonchev–Trinajstić information content (AvgIpc) is 3.34. The number of hydroxylamine groups is 1. The molecule has 4 amide bonds. The number of nitrogens with zero attached hydrogens (tertiary/aromatic N) is 2. The van der Waals surface area contributed by atoms with Gasteiger partial charge in [0.25, 0.3) is 5.91 Å². The summed E-state index contributed by atoms with van der Waals surface area (Å²) in [6.07, 6.45) is 7.48. The second-order valence-electron chi connectivity index (χ2n) is 12.5. The van der Waals surface area contributed by atoms with Crippen LogP contribution in [0.4, 0.5) is 5.69 Å². The predicted molar refractivity (Wildman–Crippen MR) is 176 cm³/mol. The van der Waals surface area contributed by atoms with Crippen molar-refractivity contribution in [3.8, 4) is 0 Å². The van der Waals surface area contributed by atoms with E-state index in [0.717, 1.165) is 24.1 Å². The first-order valence-corrected chi connectivity index (χ1v) is 17.1. The Kier molecular flexibility index (Phi) is 12.6. The van der Waals surface area contributed by atoms with Crippen LogP contribution in [0.25, 0.3) is 0 Å². The van der Waals surface area contributed by atoms with Crippen LogP contribution in [-0.4, -0.2) is 71.6 Å². The molecule has 4 rings (SSSR count). The Bertz CT molecular complexity index is 1320. The van der Waals surface area contributed by atoms with Crippen molar-refractivity contribution in [2.45, 2.75) is 115 Å². The standard InChI is InChI=1S/C34H48ClN5O6/c1-5-21(3)29-34(45)39-19-13-12-18-28(39)33(44)36-25(16-9-7-8-14-22(41)6-2)31(42)37-26(32(43)38-29)20-24-23-15-10-11-17-27(23)40(46-4)30(24)35/h10-11,15,17,20-21,24-25,28-30H,5-9,12-14,16,18-19H2,1-4H3,(H,36,44)(H,37,42)(H,38,43)/b26-20-/t21?,24?,25-,28+,29-,30?/m0/s1. The number of hydrogen-bond acceptors (Lipinski definition) is 7. The molecule has 1 aromatic rings. The molecule has 0 radical (unpaired) electrons. The highest BCUT2D eigenvalue weighted by Gasteiger charge is 2.41. The molecule has 0 aliphatic carbocycles. The number of nitrogens with one attached hydrogen (secondary N) is 3. The molecule has 2 saturated heterocycles. The first-order chi connectivity index (χ1) is 22.1. The van der Waals surface area contributed by atoms with Crippen LogP contribution in [0, 0.1) is 5.92 Å². The summed E-state index contributed by atoms with van der Waals surface area (Å²) in [6, 6.07) is 4.88. The number of para-hydroxylation sites is 1. The van der Waals surface area contributed by atoms with E-state index in [0.29, 0.717) is 57.9 Å². The van der Waals surface area contributed by atoms with Gasteiger partial charge in [-0.2, -0.15) is 0 Å². The third-order valence-electron chi connectivity index (χ3n) is 9.43. The number of alkyl halides is 1. The number of anilines is 1. The van der Waals surface area contributed by atoms with Crippen LogP contribution in [0.2, 0.25) is 0 Å². The van der Waals surface area contributed by atoms with Crippen molar-refractivity contribution in [2.75, 3.05) is 18.7 Å². The van der Waals surface area contributed by atoms with E-state index in [4.69, 9.17) is 16.4 Å². The zero-order valence-electron chi connectivity index (χ0n) is 27.4. The molecular weight excluding hydrogens is 610 g/mol. The van der Waals surface area contributed by atoms with Gasteiger partial charge in [0, 0.05) is 25.3 Å². The number of rotatable bonds is 11. The number of ketones is 1. The van der Waals surface area contributed by atoms with Crippen molar-refractivity contribution in [1.82, 2.24) is 20.9 Å². The highest BCUT2D eigenvalue weighted by atomic mass is 35.5. The van der Waals surface area contributed by atoms with E-state index >= 15 is 0 Å². The second kappa shape index (κ2) is 16.4. The number of hydrogen-bond donors (Lipinski definition) is 3. The summed E-state index contributed by atoms with van der Waals surface area (Å²) in [5.41, 5.74) is 0.769. The van der Waals surface area contributed by atoms with E-state index in [1.54, 1.807) is 16.0 Å². The van der Waals surface area contributed by atoms with Crippen molar-refractivity contribution >= 4 is 46.7 Å². The average molecular weight is 658 g/mol. The van der Waals surface area contributed by atoms with E-state index in [-0.39, 0.29) is 29.2 Å². The van der Waals surface area contributed by atoms with Crippen molar-refractivity contribution < 1.29 is 28.8 Å². The first-order valence-electron chi connectivity index (χ1n) is 16.6. The van der Waals surface area contributed by atoms with Crippen LogP contribution in [0.5, 0.6) is 0 Å². The largest absolute Gasteiger partial charge is 0.343 e. The lowest BCUT2D eigenvalue weighted by Gasteiger charge is -2.39. The van der Waals surface area contributed by atoms with Gasteiger partial charge >= 0.3 is 0 Å². The molecule has 2 fully saturated rings. The van der Waals surface area contributed by atoms with Gasteiger partial charge in [-0.15, -0.1) is 0 Å². The molecule has 6 atom stereocenters. The highest BCUT2D eigenvalue weighted by molar-refractivity contribution is 6.23. The Morgan fingerprint density at radius 1 is 1.07 bits per heavy atom. The summed E-state index contributed by atoms with van der Waals surface area (Å²) in [5.74, 6) is -2.41. The summed E-state index contributed by atoms with van der Waals surface area (Å²) in [7, 11) is 1.51. The third kappa shape index (κ3) is 8.09. The molecule has 0 spiro atoms. The van der Waals surface area contributed by atoms with Crippen LogP contribution in [-0.2, 0) is 28.8 Å². The van der Waals surface area contributed by atoms with Crippen molar-refractivity contribution in [3.63, 3.8) is 0 Å². The molecule has 11 nitrogen and oxygen atoms in total. The zero-order chi connectivity index (χ0) is 33.4. The summed E-state index contributed by atoms with van der Waals surface area (Å²) in [5, 5.41) is 10.2. The number of piperidine rings is 1. The summed E-state index contributed by atoms with van der Waals surface area (Å²) >= 11 is 6.84. The zero-order valence-corrected chi connectivity index (χ0v) is 28.1. The molecule has 3 heterocycles. The van der Waals surface area contributed by atoms with Gasteiger partial charge < -0.3 is 20.9 Å². The lowest BCUT2D eigenvalue weighted by Crippen LogP contribution is -2.62. The van der Waals surface area contributed by atoms with Crippen molar-refractivity contribution in [1.29, 1.82) is 0 Å². The lowest BCUT2D eigenvalue weighted by molar-refractivity contribution is -0.147. The minimum absolute atomic E-state index is 0.0573. The fourth-order valence-electron chi connectivity index (χ4n) is 6.45. The number of Topliss-reactive ketones (excluding diaryl/α,β-unsaturated/α-hetero) is 1. The third-order valence-corrected chi connectivity index (χ3v) is 9.88. The quantitative estimate of drug-likeness (QED) is 0.141. The van der Waals surface area contributed by atoms with E-state index < -0.39 is 41.4 Å². The Labute approximate surface area is 276 Å². The SMILES string of the molecule is CCC(=O)CCCCC[C@@H]1NC(=O)[C@H]2CCCCN2C(=O)[C@H](C(C)CC)NC(=O)/C(=C/C2c3ccccc3N(OC)C2Cl)NC1=O. The van der Waals surface area contributed by atoms with E-state index in [1.807, 2.05) is 45.0 Å². The second-order valence-corrected chi connectivity index (χ2v) is 12.9. The fraction of sp³-hybridized carbons (Fsp3) is 0.618. The smallest absolute Gasteiger partial charge is 0.268 e. The molecule has 1 aromatic carbocycles. The number of carbonyl (C=O) groups excluding carboxylic acids is 5. The minimum atomic E-state index is -0.951. The topological polar surface area (TPSA) is 137 Å². The van der Waals surface area contributed by atoms with Crippen LogP contribution in [0.3, 0.4) is 0 Å². The molecular formula is C34H48ClN5O6. The molecule has 0 saturated carbocycles. The molecule has 0 bridgehead atoms. The summed E-state index contributed by atoms with van der Waals surface area (Å²) in [4.78, 5) is 74.6. The minimum Gasteiger partial charge on any atom is -0.343 e. The van der Waals surface area contributed by atoms with Gasteiger partial charge in [0.2, 0.25) is 17.7 Å². The molecule has 12 heteroatoms. The van der Waals surface area contributed by atoms with Crippen LogP contribution < -0.4 is 21.0 Å². The van der Waals surface area contributed by atoms with Crippen LogP contribution in [0.15, 0.2) is 36.0 Å². The van der Waals surface area contributed by atoms with Crippen LogP contribution >= 0.6 is 11.6 Å². The monoisotopic (exact) mass is 657 g/mol. The fourth-order valence-corrected chi connectivity index (χ4v) is 6.84. The van der Waals surface area contributed by atoms with Gasteiger partial charge in [0.15, 0.2) is 0 Å². The molecule has 0 aromatic heterocycles. The Balaban J connectivity index is 1.70. The van der Waals surface area contributed by atoms with Gasteiger partial charge in [-0.25, -0.2) is 5.06 Å². The maximum Gasteiger partial charge on any atom is 0.268 e. The number of unbranched alkanes of at least 4 members (excludes halogenated alkanes) is 2. The molecule has 3 unspecified atom stereocenters. The maximum atomic E-state index is 14.1. The van der Waals surface area contributed by atoms with Crippen molar-refractivity contribution in [3.05, 3.63) is 41.6 Å². The van der Waals surface area contributed by atoms with Gasteiger partial charge in [0.1, 0.15) is 35.1 Å². The molecule has 3 aliphatic rings. The number of amides is 4. The first kappa shape index (κ1) is 35.4. The predicted octanol–water partition coefficient (Wildman–Crippen LogP) is 4.06.